The van der Waals surface area contributed by atoms with Crippen LogP contribution in [-0.2, 0) is 11.3 Å². The normalized spacial score (nSPS) is 17.2. The van der Waals surface area contributed by atoms with E-state index in [4.69, 9.17) is 9.47 Å². The Morgan fingerprint density at radius 2 is 1.92 bits per heavy atom. The fourth-order valence-corrected chi connectivity index (χ4v) is 3.24. The van der Waals surface area contributed by atoms with Gasteiger partial charge in [0.05, 0.1) is 0 Å². The molecule has 0 bridgehead atoms. The number of carbonyl (C=O) groups is 1. The first-order chi connectivity index (χ1) is 11.6. The van der Waals surface area contributed by atoms with Crippen LogP contribution in [0.3, 0.4) is 0 Å². The lowest BCUT2D eigenvalue weighted by atomic mass is 10.2. The third-order valence-electron chi connectivity index (χ3n) is 4.40. The predicted octanol–water partition coefficient (Wildman–Crippen LogP) is 2.53. The van der Waals surface area contributed by atoms with Gasteiger partial charge in [-0.3, -0.25) is 9.59 Å². The number of anilines is 1. The van der Waals surface area contributed by atoms with Crippen LogP contribution in [0.1, 0.15) is 25.7 Å². The molecule has 1 aromatic heterocycles. The van der Waals surface area contributed by atoms with E-state index in [9.17, 15) is 9.59 Å². The van der Waals surface area contributed by atoms with Gasteiger partial charge in [-0.25, -0.2) is 0 Å². The summed E-state index contributed by atoms with van der Waals surface area (Å²) in [5, 5.41) is 2.79. The number of carbonyl (C=O) groups excluding carboxylic acids is 1. The van der Waals surface area contributed by atoms with Crippen LogP contribution >= 0.6 is 0 Å². The Bertz CT molecular complexity index is 837. The number of pyridine rings is 1. The zero-order chi connectivity index (χ0) is 16.6. The fraction of sp³-hybridized carbons (Fsp3) is 0.333. The zero-order valence-corrected chi connectivity index (χ0v) is 13.2. The maximum absolute atomic E-state index is 12.1. The van der Waals surface area contributed by atoms with E-state index in [-0.39, 0.29) is 18.0 Å². The van der Waals surface area contributed by atoms with Crippen molar-refractivity contribution >= 4 is 11.6 Å². The molecular weight excluding hydrogens is 308 g/mol. The Hall–Kier alpha value is -2.76. The number of nitrogens with zero attached hydrogens (tertiary/aromatic N) is 1. The largest absolute Gasteiger partial charge is 0.448 e. The highest BCUT2D eigenvalue weighted by atomic mass is 16.7. The van der Waals surface area contributed by atoms with E-state index < -0.39 is 5.79 Å². The lowest BCUT2D eigenvalue weighted by molar-refractivity contribution is -0.116. The molecule has 1 amide bonds. The Morgan fingerprint density at radius 1 is 1.12 bits per heavy atom. The first kappa shape index (κ1) is 14.8. The van der Waals surface area contributed by atoms with Gasteiger partial charge in [0.1, 0.15) is 6.54 Å². The monoisotopic (exact) mass is 326 g/mol. The van der Waals surface area contributed by atoms with Gasteiger partial charge < -0.3 is 19.4 Å². The number of hydrogen-bond acceptors (Lipinski definition) is 4. The SMILES string of the molecule is O=C(Cn1ccccc1=O)Nc1ccc2c(c1)OC1(CCCC1)O2. The summed E-state index contributed by atoms with van der Waals surface area (Å²) in [7, 11) is 0. The summed E-state index contributed by atoms with van der Waals surface area (Å²) in [5.74, 6) is 0.598. The van der Waals surface area contributed by atoms with Gasteiger partial charge >= 0.3 is 0 Å². The summed E-state index contributed by atoms with van der Waals surface area (Å²) >= 11 is 0. The minimum Gasteiger partial charge on any atom is -0.448 e. The molecule has 6 heteroatoms. The van der Waals surface area contributed by atoms with Gasteiger partial charge in [-0.1, -0.05) is 6.07 Å². The molecule has 1 aromatic carbocycles. The van der Waals surface area contributed by atoms with E-state index in [2.05, 4.69) is 5.32 Å². The maximum atomic E-state index is 12.1. The molecule has 1 saturated carbocycles. The highest BCUT2D eigenvalue weighted by Crippen LogP contribution is 2.47. The van der Waals surface area contributed by atoms with Crippen molar-refractivity contribution in [2.45, 2.75) is 38.0 Å². The van der Waals surface area contributed by atoms with Crippen LogP contribution < -0.4 is 20.3 Å². The van der Waals surface area contributed by atoms with Crippen molar-refractivity contribution < 1.29 is 14.3 Å². The molecule has 0 unspecified atom stereocenters. The Balaban J connectivity index is 1.46. The first-order valence-electron chi connectivity index (χ1n) is 8.11. The number of nitrogens with one attached hydrogen (secondary N) is 1. The summed E-state index contributed by atoms with van der Waals surface area (Å²) in [6.07, 6.45) is 5.57. The van der Waals surface area contributed by atoms with Crippen LogP contribution in [0.5, 0.6) is 11.5 Å². The molecule has 6 nitrogen and oxygen atoms in total. The first-order valence-corrected chi connectivity index (χ1v) is 8.11. The molecule has 2 heterocycles. The quantitative estimate of drug-likeness (QED) is 0.941. The molecule has 0 saturated heterocycles. The number of hydrogen-bond donors (Lipinski definition) is 1. The fourth-order valence-electron chi connectivity index (χ4n) is 3.24. The van der Waals surface area contributed by atoms with E-state index in [1.54, 1.807) is 30.5 Å². The van der Waals surface area contributed by atoms with Crippen molar-refractivity contribution in [3.8, 4) is 11.5 Å². The van der Waals surface area contributed by atoms with Gasteiger partial charge in [-0.15, -0.1) is 0 Å². The lowest BCUT2D eigenvalue weighted by Crippen LogP contribution is -2.34. The number of benzene rings is 1. The Kier molecular flexibility index (Phi) is 3.52. The highest BCUT2D eigenvalue weighted by Gasteiger charge is 2.44. The molecule has 2 aromatic rings. The van der Waals surface area contributed by atoms with Crippen LogP contribution in [0.15, 0.2) is 47.4 Å². The number of fused-ring (bicyclic) bond motifs is 1. The van der Waals surface area contributed by atoms with Gasteiger partial charge in [0, 0.05) is 36.9 Å². The average Bonchev–Trinajstić information content (AvgIpc) is 3.15. The summed E-state index contributed by atoms with van der Waals surface area (Å²) in [5.41, 5.74) is 0.419. The van der Waals surface area contributed by atoms with Crippen LogP contribution in [0.2, 0.25) is 0 Å². The Morgan fingerprint density at radius 3 is 2.71 bits per heavy atom. The molecule has 1 aliphatic heterocycles. The summed E-state index contributed by atoms with van der Waals surface area (Å²) in [6.45, 7) is -0.0297. The van der Waals surface area contributed by atoms with Gasteiger partial charge in [-0.05, 0) is 31.0 Å². The van der Waals surface area contributed by atoms with Crippen molar-refractivity contribution in [1.29, 1.82) is 0 Å². The van der Waals surface area contributed by atoms with Gasteiger partial charge in [0.15, 0.2) is 11.5 Å². The number of ether oxygens (including phenoxy) is 2. The lowest BCUT2D eigenvalue weighted by Gasteiger charge is -2.21. The number of amides is 1. The topological polar surface area (TPSA) is 69.6 Å². The molecule has 124 valence electrons. The smallest absolute Gasteiger partial charge is 0.251 e. The van der Waals surface area contributed by atoms with Crippen LogP contribution in [0.25, 0.3) is 0 Å². The third-order valence-corrected chi connectivity index (χ3v) is 4.40. The van der Waals surface area contributed by atoms with Crippen LogP contribution in [0, 0.1) is 0 Å². The van der Waals surface area contributed by atoms with Gasteiger partial charge in [-0.2, -0.15) is 0 Å². The second-order valence-corrected chi connectivity index (χ2v) is 6.20. The van der Waals surface area contributed by atoms with Crippen LogP contribution in [0.4, 0.5) is 5.69 Å². The molecule has 0 atom stereocenters. The molecule has 24 heavy (non-hydrogen) atoms. The highest BCUT2D eigenvalue weighted by molar-refractivity contribution is 5.91. The minimum absolute atomic E-state index is 0.0297. The molecule has 2 aliphatic rings. The van der Waals surface area contributed by atoms with E-state index >= 15 is 0 Å². The van der Waals surface area contributed by atoms with Crippen LogP contribution in [-0.4, -0.2) is 16.3 Å². The molecule has 1 spiro atoms. The minimum atomic E-state index is -0.512. The van der Waals surface area contributed by atoms with Crippen molar-refractivity contribution in [2.75, 3.05) is 5.32 Å². The molecule has 1 aliphatic carbocycles. The van der Waals surface area contributed by atoms with Crippen molar-refractivity contribution in [2.24, 2.45) is 0 Å². The maximum Gasteiger partial charge on any atom is 0.251 e. The van der Waals surface area contributed by atoms with Crippen molar-refractivity contribution in [1.82, 2.24) is 4.57 Å². The number of rotatable bonds is 3. The van der Waals surface area contributed by atoms with E-state index in [0.29, 0.717) is 17.2 Å². The van der Waals surface area contributed by atoms with Gasteiger partial charge in [0.25, 0.3) is 11.3 Å². The Labute approximate surface area is 139 Å². The zero-order valence-electron chi connectivity index (χ0n) is 13.2. The van der Waals surface area contributed by atoms with Crippen molar-refractivity contribution in [3.63, 3.8) is 0 Å². The molecular formula is C18H18N2O4. The molecule has 1 fully saturated rings. The standard InChI is InChI=1S/C18H18N2O4/c21-16(12-20-10-4-1-5-17(20)22)19-13-6-7-14-15(11-13)24-18(23-14)8-2-3-9-18/h1,4-7,10-11H,2-3,8-9,12H2,(H,19,21). The number of aromatic nitrogens is 1. The second kappa shape index (κ2) is 5.70. The van der Waals surface area contributed by atoms with E-state index in [1.165, 1.54) is 10.6 Å². The second-order valence-electron chi connectivity index (χ2n) is 6.20. The summed E-state index contributed by atoms with van der Waals surface area (Å²) in [6, 6.07) is 10.2. The average molecular weight is 326 g/mol. The van der Waals surface area contributed by atoms with E-state index in [1.807, 2.05) is 6.07 Å². The third kappa shape index (κ3) is 2.75. The predicted molar refractivity (Wildman–Crippen MR) is 88.2 cm³/mol. The van der Waals surface area contributed by atoms with Crippen molar-refractivity contribution in [3.05, 3.63) is 52.9 Å². The molecule has 4 rings (SSSR count). The van der Waals surface area contributed by atoms with E-state index in [0.717, 1.165) is 25.7 Å². The molecule has 0 radical (unpaired) electrons. The summed E-state index contributed by atoms with van der Waals surface area (Å²) < 4.78 is 13.3. The molecule has 1 N–H and O–H groups in total. The summed E-state index contributed by atoms with van der Waals surface area (Å²) in [4.78, 5) is 23.8. The van der Waals surface area contributed by atoms with Gasteiger partial charge in [0.2, 0.25) is 5.91 Å².